The highest BCUT2D eigenvalue weighted by atomic mass is 35.5. The molecule has 6 heteroatoms. The molecule has 0 aliphatic rings. The summed E-state index contributed by atoms with van der Waals surface area (Å²) >= 11 is 12.1. The molecule has 4 nitrogen and oxygen atoms in total. The van der Waals surface area contributed by atoms with Crippen LogP contribution in [-0.2, 0) is 13.5 Å². The summed E-state index contributed by atoms with van der Waals surface area (Å²) in [6.07, 6.45) is 4.16. The van der Waals surface area contributed by atoms with Crippen molar-refractivity contribution in [3.63, 3.8) is 0 Å². The maximum Gasteiger partial charge on any atom is 0.0946 e. The van der Waals surface area contributed by atoms with Crippen molar-refractivity contribution in [1.82, 2.24) is 15.0 Å². The smallest absolute Gasteiger partial charge is 0.0946 e. The maximum atomic E-state index is 6.15. The van der Waals surface area contributed by atoms with E-state index in [1.165, 1.54) is 0 Å². The number of aromatic nitrogens is 2. The predicted molar refractivity (Wildman–Crippen MR) is 73.4 cm³/mol. The van der Waals surface area contributed by atoms with E-state index in [4.69, 9.17) is 29.0 Å². The molecule has 2 aromatic rings. The van der Waals surface area contributed by atoms with Crippen LogP contribution >= 0.6 is 23.2 Å². The number of hydrazine groups is 1. The van der Waals surface area contributed by atoms with Crippen LogP contribution < -0.4 is 11.3 Å². The van der Waals surface area contributed by atoms with Crippen LogP contribution in [0.15, 0.2) is 30.7 Å². The summed E-state index contributed by atoms with van der Waals surface area (Å²) in [7, 11) is 1.92. The zero-order valence-electron chi connectivity index (χ0n) is 9.90. The van der Waals surface area contributed by atoms with E-state index in [1.807, 2.05) is 17.7 Å². The number of nitrogens with zero attached hydrogens (tertiary/aromatic N) is 2. The Balaban J connectivity index is 2.26. The lowest BCUT2D eigenvalue weighted by Crippen LogP contribution is -2.31. The fourth-order valence-electron chi connectivity index (χ4n) is 1.87. The molecule has 0 amide bonds. The van der Waals surface area contributed by atoms with E-state index in [9.17, 15) is 0 Å². The van der Waals surface area contributed by atoms with Crippen molar-refractivity contribution in [2.45, 2.75) is 12.5 Å². The number of aryl methyl sites for hydroxylation is 1. The quantitative estimate of drug-likeness (QED) is 0.670. The summed E-state index contributed by atoms with van der Waals surface area (Å²) in [5.74, 6) is 5.60. The number of rotatable bonds is 4. The Kier molecular flexibility index (Phi) is 4.24. The molecule has 0 aliphatic heterocycles. The van der Waals surface area contributed by atoms with Crippen molar-refractivity contribution in [3.05, 3.63) is 52.0 Å². The fraction of sp³-hybridized carbons (Fsp3) is 0.250. The van der Waals surface area contributed by atoms with Crippen LogP contribution in [0.2, 0.25) is 10.0 Å². The summed E-state index contributed by atoms with van der Waals surface area (Å²) in [5, 5.41) is 1.34. The number of benzene rings is 1. The normalized spacial score (nSPS) is 12.7. The van der Waals surface area contributed by atoms with Gasteiger partial charge in [0.2, 0.25) is 0 Å². The minimum atomic E-state index is -0.0616. The highest BCUT2D eigenvalue weighted by Gasteiger charge is 2.15. The average molecular weight is 285 g/mol. The SMILES string of the molecule is Cn1cncc1C(Cc1cc(Cl)ccc1Cl)NN. The topological polar surface area (TPSA) is 55.9 Å². The third kappa shape index (κ3) is 2.84. The van der Waals surface area contributed by atoms with E-state index in [1.54, 1.807) is 24.7 Å². The number of halogens is 2. The number of nitrogens with one attached hydrogen (secondary N) is 1. The van der Waals surface area contributed by atoms with Gasteiger partial charge in [-0.05, 0) is 30.2 Å². The number of nitrogens with two attached hydrogens (primary N) is 1. The molecule has 1 aromatic carbocycles. The van der Waals surface area contributed by atoms with Crippen LogP contribution in [0.25, 0.3) is 0 Å². The molecule has 1 aromatic heterocycles. The number of imidazole rings is 1. The van der Waals surface area contributed by atoms with Gasteiger partial charge in [0, 0.05) is 23.3 Å². The van der Waals surface area contributed by atoms with E-state index >= 15 is 0 Å². The van der Waals surface area contributed by atoms with E-state index in [0.717, 1.165) is 11.3 Å². The van der Waals surface area contributed by atoms with Crippen LogP contribution in [-0.4, -0.2) is 9.55 Å². The van der Waals surface area contributed by atoms with Gasteiger partial charge in [-0.3, -0.25) is 11.3 Å². The summed E-state index contributed by atoms with van der Waals surface area (Å²) in [4.78, 5) is 4.08. The molecule has 2 rings (SSSR count). The molecule has 1 atom stereocenters. The molecule has 0 radical (unpaired) electrons. The van der Waals surface area contributed by atoms with Gasteiger partial charge in [-0.15, -0.1) is 0 Å². The summed E-state index contributed by atoms with van der Waals surface area (Å²) < 4.78 is 1.92. The van der Waals surface area contributed by atoms with Crippen molar-refractivity contribution in [2.24, 2.45) is 12.9 Å². The lowest BCUT2D eigenvalue weighted by molar-refractivity contribution is 0.522. The minimum absolute atomic E-state index is 0.0616. The molecule has 1 unspecified atom stereocenters. The monoisotopic (exact) mass is 284 g/mol. The van der Waals surface area contributed by atoms with E-state index in [0.29, 0.717) is 16.5 Å². The third-order valence-electron chi connectivity index (χ3n) is 2.84. The second-order valence-corrected chi connectivity index (χ2v) is 4.93. The van der Waals surface area contributed by atoms with Gasteiger partial charge >= 0.3 is 0 Å². The zero-order chi connectivity index (χ0) is 13.1. The van der Waals surface area contributed by atoms with E-state index in [-0.39, 0.29) is 6.04 Å². The van der Waals surface area contributed by atoms with Crippen LogP contribution in [0.4, 0.5) is 0 Å². The molecule has 0 aliphatic carbocycles. The Morgan fingerprint density at radius 2 is 2.22 bits per heavy atom. The highest BCUT2D eigenvalue weighted by Crippen LogP contribution is 2.25. The lowest BCUT2D eigenvalue weighted by atomic mass is 10.0. The maximum absolute atomic E-state index is 6.15. The Morgan fingerprint density at radius 1 is 1.44 bits per heavy atom. The van der Waals surface area contributed by atoms with Gasteiger partial charge in [-0.25, -0.2) is 4.98 Å². The van der Waals surface area contributed by atoms with Crippen LogP contribution in [0.5, 0.6) is 0 Å². The summed E-state index contributed by atoms with van der Waals surface area (Å²) in [6, 6.07) is 5.34. The number of hydrogen-bond donors (Lipinski definition) is 2. The van der Waals surface area contributed by atoms with Crippen molar-refractivity contribution >= 4 is 23.2 Å². The lowest BCUT2D eigenvalue weighted by Gasteiger charge is -2.17. The molecule has 0 bridgehead atoms. The first-order valence-electron chi connectivity index (χ1n) is 5.48. The van der Waals surface area contributed by atoms with Crippen LogP contribution in [0.1, 0.15) is 17.3 Å². The molecule has 1 heterocycles. The molecule has 96 valence electrons. The second kappa shape index (κ2) is 5.71. The van der Waals surface area contributed by atoms with Gasteiger partial charge in [0.15, 0.2) is 0 Å². The van der Waals surface area contributed by atoms with Gasteiger partial charge in [0.1, 0.15) is 0 Å². The highest BCUT2D eigenvalue weighted by molar-refractivity contribution is 6.33. The summed E-state index contributed by atoms with van der Waals surface area (Å²) in [5.41, 5.74) is 4.72. The molecular formula is C12H14Cl2N4. The second-order valence-electron chi connectivity index (χ2n) is 4.09. The molecule has 0 spiro atoms. The molecule has 0 saturated heterocycles. The zero-order valence-corrected chi connectivity index (χ0v) is 11.4. The van der Waals surface area contributed by atoms with Gasteiger partial charge in [-0.1, -0.05) is 23.2 Å². The van der Waals surface area contributed by atoms with E-state index < -0.39 is 0 Å². The third-order valence-corrected chi connectivity index (χ3v) is 3.45. The van der Waals surface area contributed by atoms with Crippen molar-refractivity contribution < 1.29 is 0 Å². The fourth-order valence-corrected chi connectivity index (χ4v) is 2.26. The van der Waals surface area contributed by atoms with Crippen molar-refractivity contribution in [1.29, 1.82) is 0 Å². The van der Waals surface area contributed by atoms with Gasteiger partial charge < -0.3 is 4.57 Å². The summed E-state index contributed by atoms with van der Waals surface area (Å²) in [6.45, 7) is 0. The Hall–Kier alpha value is -1.07. The molecule has 18 heavy (non-hydrogen) atoms. The van der Waals surface area contributed by atoms with E-state index in [2.05, 4.69) is 10.4 Å². The first-order valence-corrected chi connectivity index (χ1v) is 6.23. The largest absolute Gasteiger partial charge is 0.336 e. The van der Waals surface area contributed by atoms with Crippen LogP contribution in [0.3, 0.4) is 0 Å². The predicted octanol–water partition coefficient (Wildman–Crippen LogP) is 2.47. The Morgan fingerprint density at radius 3 is 2.83 bits per heavy atom. The van der Waals surface area contributed by atoms with Gasteiger partial charge in [0.25, 0.3) is 0 Å². The number of hydrogen-bond acceptors (Lipinski definition) is 3. The minimum Gasteiger partial charge on any atom is -0.336 e. The Bertz CT molecular complexity index is 539. The molecular weight excluding hydrogens is 271 g/mol. The van der Waals surface area contributed by atoms with Crippen molar-refractivity contribution in [3.8, 4) is 0 Å². The first kappa shape index (κ1) is 13.4. The molecule has 0 saturated carbocycles. The average Bonchev–Trinajstić information content (AvgIpc) is 2.77. The van der Waals surface area contributed by atoms with Gasteiger partial charge in [-0.2, -0.15) is 0 Å². The van der Waals surface area contributed by atoms with Crippen molar-refractivity contribution in [2.75, 3.05) is 0 Å². The van der Waals surface area contributed by atoms with Gasteiger partial charge in [0.05, 0.1) is 18.1 Å². The standard InChI is InChI=1S/C12H14Cl2N4/c1-18-7-16-6-12(18)11(17-15)5-8-4-9(13)2-3-10(8)14/h2-4,6-7,11,17H,5,15H2,1H3. The molecule has 0 fully saturated rings. The molecule has 3 N–H and O–H groups in total. The Labute approximate surface area is 116 Å². The van der Waals surface area contributed by atoms with Crippen LogP contribution in [0, 0.1) is 0 Å². The first-order chi connectivity index (χ1) is 8.61.